The van der Waals surface area contributed by atoms with Crippen LogP contribution in [0.3, 0.4) is 0 Å². The maximum absolute atomic E-state index is 11.5. The summed E-state index contributed by atoms with van der Waals surface area (Å²) < 4.78 is 11.9. The van der Waals surface area contributed by atoms with Gasteiger partial charge >= 0.3 is 0 Å². The first-order valence-electron chi connectivity index (χ1n) is 9.70. The van der Waals surface area contributed by atoms with Crippen molar-refractivity contribution in [1.82, 2.24) is 4.98 Å². The van der Waals surface area contributed by atoms with Gasteiger partial charge in [-0.1, -0.05) is 36.9 Å². The molecule has 0 bridgehead atoms. The number of nitrogens with zero attached hydrogens (tertiary/aromatic N) is 1. The quantitative estimate of drug-likeness (QED) is 0.357. The second-order valence-electron chi connectivity index (χ2n) is 6.63. The molecule has 5 nitrogen and oxygen atoms in total. The summed E-state index contributed by atoms with van der Waals surface area (Å²) in [5, 5.41) is 2.73. The normalized spacial score (nSPS) is 10.2. The number of hydrogen-bond donors (Lipinski definition) is 1. The monoisotopic (exact) mass is 408 g/mol. The fourth-order valence-corrected chi connectivity index (χ4v) is 2.94. The molecule has 3 aromatic carbocycles. The molecule has 1 aromatic heterocycles. The van der Waals surface area contributed by atoms with E-state index in [9.17, 15) is 4.79 Å². The minimum Gasteiger partial charge on any atom is -0.457 e. The van der Waals surface area contributed by atoms with Gasteiger partial charge in [0.05, 0.1) is 0 Å². The number of carbonyl (C=O) groups excluding carboxylic acids is 1. The van der Waals surface area contributed by atoms with Gasteiger partial charge in [0.2, 0.25) is 5.91 Å². The van der Waals surface area contributed by atoms with Crippen LogP contribution in [0.1, 0.15) is 0 Å². The van der Waals surface area contributed by atoms with Crippen molar-refractivity contribution in [2.24, 2.45) is 0 Å². The number of nitrogens with one attached hydrogen (secondary N) is 1. The zero-order chi connectivity index (χ0) is 21.5. The van der Waals surface area contributed by atoms with Crippen molar-refractivity contribution >= 4 is 11.6 Å². The van der Waals surface area contributed by atoms with Crippen LogP contribution in [0.4, 0.5) is 5.69 Å². The number of benzene rings is 3. The number of ether oxygens (including phenoxy) is 2. The molecule has 0 spiro atoms. The van der Waals surface area contributed by atoms with E-state index in [1.165, 1.54) is 6.08 Å². The molecule has 5 heteroatoms. The first kappa shape index (κ1) is 19.9. The molecule has 1 amide bonds. The van der Waals surface area contributed by atoms with Gasteiger partial charge in [0.15, 0.2) is 0 Å². The molecule has 4 aromatic rings. The molecular weight excluding hydrogens is 388 g/mol. The Kier molecular flexibility index (Phi) is 6.05. The Balaban J connectivity index is 1.50. The molecule has 31 heavy (non-hydrogen) atoms. The van der Waals surface area contributed by atoms with E-state index in [1.54, 1.807) is 12.4 Å². The third-order valence-electron chi connectivity index (χ3n) is 4.46. The van der Waals surface area contributed by atoms with Crippen molar-refractivity contribution in [2.45, 2.75) is 0 Å². The van der Waals surface area contributed by atoms with Crippen molar-refractivity contribution in [3.63, 3.8) is 0 Å². The number of amides is 1. The van der Waals surface area contributed by atoms with E-state index in [-0.39, 0.29) is 5.91 Å². The summed E-state index contributed by atoms with van der Waals surface area (Å²) in [5.41, 5.74) is 2.45. The molecule has 4 rings (SSSR count). The third-order valence-corrected chi connectivity index (χ3v) is 4.46. The highest BCUT2D eigenvalue weighted by Gasteiger charge is 2.09. The third kappa shape index (κ3) is 5.16. The molecule has 1 heterocycles. The van der Waals surface area contributed by atoms with Gasteiger partial charge in [-0.15, -0.1) is 0 Å². The molecule has 0 radical (unpaired) electrons. The molecule has 0 saturated heterocycles. The zero-order valence-electron chi connectivity index (χ0n) is 16.7. The van der Waals surface area contributed by atoms with E-state index in [4.69, 9.17) is 9.47 Å². The Hall–Kier alpha value is -4.38. The topological polar surface area (TPSA) is 60.5 Å². The summed E-state index contributed by atoms with van der Waals surface area (Å²) in [6.45, 7) is 3.45. The van der Waals surface area contributed by atoms with Gasteiger partial charge in [-0.05, 0) is 66.2 Å². The molecule has 1 N–H and O–H groups in total. The van der Waals surface area contributed by atoms with E-state index in [1.807, 2.05) is 84.9 Å². The lowest BCUT2D eigenvalue weighted by Crippen LogP contribution is -2.06. The van der Waals surface area contributed by atoms with Gasteiger partial charge in [-0.25, -0.2) is 0 Å². The maximum atomic E-state index is 11.5. The Morgan fingerprint density at radius 1 is 0.806 bits per heavy atom. The van der Waals surface area contributed by atoms with Crippen molar-refractivity contribution < 1.29 is 14.3 Å². The Morgan fingerprint density at radius 3 is 2.13 bits per heavy atom. The van der Waals surface area contributed by atoms with E-state index in [0.29, 0.717) is 17.2 Å². The van der Waals surface area contributed by atoms with Crippen LogP contribution in [0.2, 0.25) is 0 Å². The van der Waals surface area contributed by atoms with Crippen LogP contribution in [-0.4, -0.2) is 10.9 Å². The largest absolute Gasteiger partial charge is 0.457 e. The molecule has 0 aliphatic rings. The minimum absolute atomic E-state index is 0.252. The van der Waals surface area contributed by atoms with Gasteiger partial charge in [0.25, 0.3) is 0 Å². The highest BCUT2D eigenvalue weighted by atomic mass is 16.5. The van der Waals surface area contributed by atoms with Crippen LogP contribution in [-0.2, 0) is 4.79 Å². The number of para-hydroxylation sites is 1. The Labute approximate surface area is 180 Å². The summed E-state index contributed by atoms with van der Waals surface area (Å²) >= 11 is 0. The van der Waals surface area contributed by atoms with Crippen LogP contribution in [0.15, 0.2) is 110 Å². The summed E-state index contributed by atoms with van der Waals surface area (Å²) in [6.07, 6.45) is 4.67. The minimum atomic E-state index is -0.252. The van der Waals surface area contributed by atoms with Gasteiger partial charge in [-0.2, -0.15) is 0 Å². The van der Waals surface area contributed by atoms with E-state index >= 15 is 0 Å². The van der Waals surface area contributed by atoms with Crippen molar-refractivity contribution in [2.75, 3.05) is 5.32 Å². The van der Waals surface area contributed by atoms with Crippen LogP contribution in [0.5, 0.6) is 23.0 Å². The zero-order valence-corrected chi connectivity index (χ0v) is 16.7. The van der Waals surface area contributed by atoms with E-state index < -0.39 is 0 Å². The average Bonchev–Trinajstić information content (AvgIpc) is 2.82. The van der Waals surface area contributed by atoms with E-state index in [0.717, 1.165) is 22.6 Å². The molecule has 0 saturated carbocycles. The number of anilines is 1. The number of rotatable bonds is 7. The Bertz CT molecular complexity index is 1170. The smallest absolute Gasteiger partial charge is 0.247 e. The van der Waals surface area contributed by atoms with Crippen LogP contribution >= 0.6 is 0 Å². The summed E-state index contributed by atoms with van der Waals surface area (Å²) in [6, 6.07) is 26.3. The molecule has 0 fully saturated rings. The molecule has 0 aliphatic carbocycles. The highest BCUT2D eigenvalue weighted by molar-refractivity contribution is 5.99. The van der Waals surface area contributed by atoms with Gasteiger partial charge in [0.1, 0.15) is 23.0 Å². The fourth-order valence-electron chi connectivity index (χ4n) is 2.94. The lowest BCUT2D eigenvalue weighted by atomic mass is 10.1. The standard InChI is InChI=1S/C26H20N2O3/c1-2-26(29)28-20-10-8-19(9-11-20)24-18-27-17-16-25(24)31-23-14-12-22(13-15-23)30-21-6-4-3-5-7-21/h2-18H,1H2,(H,28,29). The average molecular weight is 408 g/mol. The number of aromatic nitrogens is 1. The van der Waals surface area contributed by atoms with E-state index in [2.05, 4.69) is 16.9 Å². The summed E-state index contributed by atoms with van der Waals surface area (Å²) in [5.74, 6) is 2.61. The van der Waals surface area contributed by atoms with Gasteiger partial charge < -0.3 is 14.8 Å². The lowest BCUT2D eigenvalue weighted by Gasteiger charge is -2.12. The Morgan fingerprint density at radius 2 is 1.45 bits per heavy atom. The van der Waals surface area contributed by atoms with Gasteiger partial charge in [-0.3, -0.25) is 9.78 Å². The predicted molar refractivity (Wildman–Crippen MR) is 122 cm³/mol. The first-order chi connectivity index (χ1) is 15.2. The number of hydrogen-bond acceptors (Lipinski definition) is 4. The molecule has 152 valence electrons. The van der Waals surface area contributed by atoms with Crippen LogP contribution in [0.25, 0.3) is 11.1 Å². The fraction of sp³-hybridized carbons (Fsp3) is 0. The first-order valence-corrected chi connectivity index (χ1v) is 9.70. The molecule has 0 unspecified atom stereocenters. The predicted octanol–water partition coefficient (Wildman–Crippen LogP) is 6.46. The molecule has 0 aliphatic heterocycles. The van der Waals surface area contributed by atoms with Crippen LogP contribution in [0, 0.1) is 0 Å². The second kappa shape index (κ2) is 9.41. The van der Waals surface area contributed by atoms with Crippen molar-refractivity contribution in [3.8, 4) is 34.1 Å². The lowest BCUT2D eigenvalue weighted by molar-refractivity contribution is -0.111. The molecule has 0 atom stereocenters. The summed E-state index contributed by atoms with van der Waals surface area (Å²) in [7, 11) is 0. The molecular formula is C26H20N2O3. The van der Waals surface area contributed by atoms with Crippen LogP contribution < -0.4 is 14.8 Å². The SMILES string of the molecule is C=CC(=O)Nc1ccc(-c2cnccc2Oc2ccc(Oc3ccccc3)cc2)cc1. The van der Waals surface area contributed by atoms with Crippen molar-refractivity contribution in [3.05, 3.63) is 110 Å². The number of carbonyl (C=O) groups is 1. The number of pyridine rings is 1. The second-order valence-corrected chi connectivity index (χ2v) is 6.63. The highest BCUT2D eigenvalue weighted by Crippen LogP contribution is 2.34. The summed E-state index contributed by atoms with van der Waals surface area (Å²) in [4.78, 5) is 15.7. The van der Waals surface area contributed by atoms with Crippen molar-refractivity contribution in [1.29, 1.82) is 0 Å². The maximum Gasteiger partial charge on any atom is 0.247 e. The van der Waals surface area contributed by atoms with Gasteiger partial charge in [0, 0.05) is 23.6 Å².